The lowest BCUT2D eigenvalue weighted by Gasteiger charge is -2.11. The van der Waals surface area contributed by atoms with Gasteiger partial charge in [-0.15, -0.1) is 0 Å². The maximum atomic E-state index is 5.26. The van der Waals surface area contributed by atoms with E-state index in [1.165, 1.54) is 22.8 Å². The summed E-state index contributed by atoms with van der Waals surface area (Å²) in [6, 6.07) is 13.7. The highest BCUT2D eigenvalue weighted by atomic mass is 16.5. The maximum absolute atomic E-state index is 5.26. The van der Waals surface area contributed by atoms with Gasteiger partial charge < -0.3 is 10.1 Å². The molecule has 0 saturated carbocycles. The number of hydrogen-bond acceptors (Lipinski definition) is 2. The maximum Gasteiger partial charge on any atom is 0.119 e. The van der Waals surface area contributed by atoms with Gasteiger partial charge in [0.05, 0.1) is 7.11 Å². The standard InChI is InChI=1S/C16H19NO/c1-11-7-15(10-17-11)13-3-4-14-9-16(18-2)6-5-12(14)8-13/h3-6,8-9,11,15,17H,7,10H2,1-2H3. The fraction of sp³-hybridized carbons (Fsp3) is 0.375. The van der Waals surface area contributed by atoms with Gasteiger partial charge in [0.25, 0.3) is 0 Å². The molecular formula is C16H19NO. The Bertz CT molecular complexity index is 564. The van der Waals surface area contributed by atoms with E-state index in [0.29, 0.717) is 12.0 Å². The van der Waals surface area contributed by atoms with Gasteiger partial charge in [0.15, 0.2) is 0 Å². The third-order valence-electron chi connectivity index (χ3n) is 3.89. The zero-order valence-corrected chi connectivity index (χ0v) is 10.9. The smallest absolute Gasteiger partial charge is 0.119 e. The van der Waals surface area contributed by atoms with Crippen LogP contribution in [0, 0.1) is 0 Å². The molecule has 0 spiro atoms. The van der Waals surface area contributed by atoms with E-state index in [4.69, 9.17) is 4.74 Å². The summed E-state index contributed by atoms with van der Waals surface area (Å²) >= 11 is 0. The van der Waals surface area contributed by atoms with Crippen molar-refractivity contribution >= 4 is 10.8 Å². The molecule has 0 aliphatic carbocycles. The Morgan fingerprint density at radius 1 is 1.11 bits per heavy atom. The van der Waals surface area contributed by atoms with Gasteiger partial charge in [0.1, 0.15) is 5.75 Å². The Labute approximate surface area is 108 Å². The topological polar surface area (TPSA) is 21.3 Å². The molecule has 0 radical (unpaired) electrons. The quantitative estimate of drug-likeness (QED) is 0.871. The van der Waals surface area contributed by atoms with Crippen LogP contribution in [0.15, 0.2) is 36.4 Å². The lowest BCUT2D eigenvalue weighted by Crippen LogP contribution is -2.16. The van der Waals surface area contributed by atoms with Crippen molar-refractivity contribution in [3.63, 3.8) is 0 Å². The van der Waals surface area contributed by atoms with Gasteiger partial charge in [0, 0.05) is 12.6 Å². The minimum Gasteiger partial charge on any atom is -0.497 e. The molecule has 1 saturated heterocycles. The van der Waals surface area contributed by atoms with Gasteiger partial charge in [-0.05, 0) is 47.7 Å². The lowest BCUT2D eigenvalue weighted by molar-refractivity contribution is 0.415. The third kappa shape index (κ3) is 2.08. The number of nitrogens with one attached hydrogen (secondary N) is 1. The normalized spacial score (nSPS) is 23.4. The Hall–Kier alpha value is -1.54. The van der Waals surface area contributed by atoms with E-state index < -0.39 is 0 Å². The van der Waals surface area contributed by atoms with Crippen molar-refractivity contribution in [2.24, 2.45) is 0 Å². The molecular weight excluding hydrogens is 222 g/mol. The van der Waals surface area contributed by atoms with Gasteiger partial charge in [-0.3, -0.25) is 0 Å². The molecule has 18 heavy (non-hydrogen) atoms. The van der Waals surface area contributed by atoms with Crippen LogP contribution in [0.3, 0.4) is 0 Å². The van der Waals surface area contributed by atoms with Gasteiger partial charge in [0.2, 0.25) is 0 Å². The highest BCUT2D eigenvalue weighted by Crippen LogP contribution is 2.29. The molecule has 94 valence electrons. The van der Waals surface area contributed by atoms with E-state index in [-0.39, 0.29) is 0 Å². The van der Waals surface area contributed by atoms with Gasteiger partial charge >= 0.3 is 0 Å². The first-order valence-electron chi connectivity index (χ1n) is 6.57. The molecule has 2 unspecified atom stereocenters. The Kier molecular flexibility index (Phi) is 2.96. The number of methoxy groups -OCH3 is 1. The van der Waals surface area contributed by atoms with E-state index in [1.807, 2.05) is 6.07 Å². The second-order valence-electron chi connectivity index (χ2n) is 5.21. The predicted octanol–water partition coefficient (Wildman–Crippen LogP) is 3.31. The first kappa shape index (κ1) is 11.5. The van der Waals surface area contributed by atoms with Crippen molar-refractivity contribution in [1.82, 2.24) is 5.32 Å². The molecule has 2 nitrogen and oxygen atoms in total. The van der Waals surface area contributed by atoms with Crippen molar-refractivity contribution in [3.8, 4) is 5.75 Å². The second kappa shape index (κ2) is 4.62. The Morgan fingerprint density at radius 3 is 2.61 bits per heavy atom. The molecule has 1 heterocycles. The number of ether oxygens (including phenoxy) is 1. The zero-order valence-electron chi connectivity index (χ0n) is 10.9. The van der Waals surface area contributed by atoms with Gasteiger partial charge in [-0.25, -0.2) is 0 Å². The average Bonchev–Trinajstić information content (AvgIpc) is 2.84. The van der Waals surface area contributed by atoms with E-state index >= 15 is 0 Å². The summed E-state index contributed by atoms with van der Waals surface area (Å²) in [5.74, 6) is 1.58. The number of rotatable bonds is 2. The SMILES string of the molecule is COc1ccc2cc(C3CNC(C)C3)ccc2c1. The first-order chi connectivity index (χ1) is 8.76. The minimum atomic E-state index is 0.640. The monoisotopic (exact) mass is 241 g/mol. The average molecular weight is 241 g/mol. The number of hydrogen-bond donors (Lipinski definition) is 1. The van der Waals surface area contributed by atoms with Gasteiger partial charge in [-0.2, -0.15) is 0 Å². The molecule has 1 N–H and O–H groups in total. The van der Waals surface area contributed by atoms with Crippen LogP contribution in [0.4, 0.5) is 0 Å². The highest BCUT2D eigenvalue weighted by Gasteiger charge is 2.21. The van der Waals surface area contributed by atoms with Crippen molar-refractivity contribution in [1.29, 1.82) is 0 Å². The van der Waals surface area contributed by atoms with Crippen LogP contribution in [0.5, 0.6) is 5.75 Å². The first-order valence-corrected chi connectivity index (χ1v) is 6.57. The summed E-state index contributed by atoms with van der Waals surface area (Å²) in [5.41, 5.74) is 1.45. The summed E-state index contributed by atoms with van der Waals surface area (Å²) in [6.07, 6.45) is 1.24. The molecule has 0 bridgehead atoms. The molecule has 2 atom stereocenters. The summed E-state index contributed by atoms with van der Waals surface area (Å²) in [4.78, 5) is 0. The molecule has 1 fully saturated rings. The fourth-order valence-electron chi connectivity index (χ4n) is 2.81. The largest absolute Gasteiger partial charge is 0.497 e. The molecule has 1 aliphatic heterocycles. The van der Waals surface area contributed by atoms with E-state index in [2.05, 4.69) is 42.6 Å². The third-order valence-corrected chi connectivity index (χ3v) is 3.89. The van der Waals surface area contributed by atoms with Crippen LogP contribution in [0.2, 0.25) is 0 Å². The molecule has 1 aliphatic rings. The Balaban J connectivity index is 1.96. The lowest BCUT2D eigenvalue weighted by atomic mass is 9.94. The summed E-state index contributed by atoms with van der Waals surface area (Å²) in [6.45, 7) is 3.36. The second-order valence-corrected chi connectivity index (χ2v) is 5.21. The van der Waals surface area contributed by atoms with E-state index in [9.17, 15) is 0 Å². The van der Waals surface area contributed by atoms with E-state index in [0.717, 1.165) is 12.3 Å². The summed E-state index contributed by atoms with van der Waals surface area (Å²) in [7, 11) is 1.71. The number of benzene rings is 2. The minimum absolute atomic E-state index is 0.640. The zero-order chi connectivity index (χ0) is 12.5. The molecule has 0 amide bonds. The van der Waals surface area contributed by atoms with Crippen LogP contribution in [0.1, 0.15) is 24.8 Å². The highest BCUT2D eigenvalue weighted by molar-refractivity contribution is 5.84. The van der Waals surface area contributed by atoms with Crippen LogP contribution in [0.25, 0.3) is 10.8 Å². The fourth-order valence-corrected chi connectivity index (χ4v) is 2.81. The summed E-state index contributed by atoms with van der Waals surface area (Å²) in [5, 5.41) is 6.06. The van der Waals surface area contributed by atoms with Crippen LogP contribution >= 0.6 is 0 Å². The van der Waals surface area contributed by atoms with Crippen LogP contribution < -0.4 is 10.1 Å². The number of fused-ring (bicyclic) bond motifs is 1. The molecule has 2 aromatic carbocycles. The van der Waals surface area contributed by atoms with Crippen molar-refractivity contribution in [3.05, 3.63) is 42.0 Å². The molecule has 0 aromatic heterocycles. The Morgan fingerprint density at radius 2 is 1.89 bits per heavy atom. The van der Waals surface area contributed by atoms with Gasteiger partial charge in [-0.1, -0.05) is 24.3 Å². The predicted molar refractivity (Wildman–Crippen MR) is 75.3 cm³/mol. The van der Waals surface area contributed by atoms with Crippen molar-refractivity contribution in [2.75, 3.05) is 13.7 Å². The van der Waals surface area contributed by atoms with E-state index in [1.54, 1.807) is 7.11 Å². The molecule has 2 heteroatoms. The molecule has 2 aromatic rings. The van der Waals surface area contributed by atoms with Crippen molar-refractivity contribution in [2.45, 2.75) is 25.3 Å². The van der Waals surface area contributed by atoms with Crippen molar-refractivity contribution < 1.29 is 4.74 Å². The molecule has 3 rings (SSSR count). The van der Waals surface area contributed by atoms with Crippen LogP contribution in [-0.2, 0) is 0 Å². The van der Waals surface area contributed by atoms with Crippen LogP contribution in [-0.4, -0.2) is 19.7 Å². The summed E-state index contributed by atoms with van der Waals surface area (Å²) < 4.78 is 5.26.